The van der Waals surface area contributed by atoms with E-state index in [0.717, 1.165) is 17.8 Å². The minimum absolute atomic E-state index is 0.115. The quantitative estimate of drug-likeness (QED) is 0.663. The number of carbonyl (C=O) groups excluding carboxylic acids is 1. The fourth-order valence-corrected chi connectivity index (χ4v) is 2.72. The number of pyridine rings is 1. The Balaban J connectivity index is 1.99. The van der Waals surface area contributed by atoms with Crippen LogP contribution in [0.15, 0.2) is 42.6 Å². The lowest BCUT2D eigenvalue weighted by Gasteiger charge is -2.23. The highest BCUT2D eigenvalue weighted by atomic mass is 19.4. The smallest absolute Gasteiger partial charge is 0.417 e. The van der Waals surface area contributed by atoms with Crippen LogP contribution in [0.5, 0.6) is 0 Å². The van der Waals surface area contributed by atoms with Gasteiger partial charge in [0.1, 0.15) is 6.10 Å². The average Bonchev–Trinajstić information content (AvgIpc) is 2.67. The third-order valence-corrected chi connectivity index (χ3v) is 4.44. The molecule has 6 nitrogen and oxygen atoms in total. The molecule has 0 bridgehead atoms. The molecule has 1 aromatic carbocycles. The Morgan fingerprint density at radius 2 is 1.73 bits per heavy atom. The molecule has 30 heavy (non-hydrogen) atoms. The van der Waals surface area contributed by atoms with Gasteiger partial charge in [0.15, 0.2) is 0 Å². The summed E-state index contributed by atoms with van der Waals surface area (Å²) in [7, 11) is 0. The minimum atomic E-state index is -4.47. The highest BCUT2D eigenvalue weighted by Crippen LogP contribution is 2.28. The SMILES string of the molecule is CC(C)[C@@H](OCc1ccc(C(F)(F)F)cn1)C(=O)N[C@@H](C)c1ccc(C(=O)O)cc1. The standard InChI is InChI=1S/C21H23F3N2O4/c1-12(2)18(30-11-17-9-8-16(10-25-17)21(22,23)24)19(27)26-13(3)14-4-6-15(7-5-14)20(28)29/h4-10,12-13,18H,11H2,1-3H3,(H,26,27)(H,28,29)/t13-,18+/m0/s1. The zero-order chi connectivity index (χ0) is 22.5. The van der Waals surface area contributed by atoms with Crippen LogP contribution in [-0.4, -0.2) is 28.1 Å². The summed E-state index contributed by atoms with van der Waals surface area (Å²) in [5.41, 5.74) is 0.288. The summed E-state index contributed by atoms with van der Waals surface area (Å²) in [5, 5.41) is 11.8. The predicted octanol–water partition coefficient (Wildman–Crippen LogP) is 4.22. The van der Waals surface area contributed by atoms with Crippen molar-refractivity contribution in [3.8, 4) is 0 Å². The largest absolute Gasteiger partial charge is 0.478 e. The van der Waals surface area contributed by atoms with Gasteiger partial charge in [-0.15, -0.1) is 0 Å². The van der Waals surface area contributed by atoms with Crippen LogP contribution in [0.3, 0.4) is 0 Å². The first kappa shape index (κ1) is 23.3. The first-order valence-electron chi connectivity index (χ1n) is 9.26. The van der Waals surface area contributed by atoms with Crippen molar-refractivity contribution in [2.45, 2.75) is 45.7 Å². The summed E-state index contributed by atoms with van der Waals surface area (Å²) >= 11 is 0. The summed E-state index contributed by atoms with van der Waals surface area (Å²) in [5.74, 6) is -1.61. The normalized spacial score (nSPS) is 13.7. The maximum absolute atomic E-state index is 12.7. The number of carboxylic acids is 1. The lowest BCUT2D eigenvalue weighted by molar-refractivity contribution is -0.137. The predicted molar refractivity (Wildman–Crippen MR) is 103 cm³/mol. The van der Waals surface area contributed by atoms with Crippen molar-refractivity contribution in [1.29, 1.82) is 0 Å². The van der Waals surface area contributed by atoms with Crippen LogP contribution in [0.1, 0.15) is 54.0 Å². The van der Waals surface area contributed by atoms with Crippen molar-refractivity contribution >= 4 is 11.9 Å². The number of hydrogen-bond acceptors (Lipinski definition) is 4. The summed E-state index contributed by atoms with van der Waals surface area (Å²) in [6.45, 7) is 5.21. The first-order valence-corrected chi connectivity index (χ1v) is 9.26. The van der Waals surface area contributed by atoms with E-state index in [1.807, 2.05) is 0 Å². The Morgan fingerprint density at radius 1 is 1.10 bits per heavy atom. The first-order chi connectivity index (χ1) is 14.0. The van der Waals surface area contributed by atoms with E-state index in [1.165, 1.54) is 18.2 Å². The van der Waals surface area contributed by atoms with Crippen LogP contribution in [-0.2, 0) is 22.3 Å². The molecule has 0 fully saturated rings. The summed E-state index contributed by atoms with van der Waals surface area (Å²) in [4.78, 5) is 27.3. The monoisotopic (exact) mass is 424 g/mol. The molecule has 0 saturated carbocycles. The molecule has 0 aliphatic heterocycles. The van der Waals surface area contributed by atoms with Crippen LogP contribution in [0, 0.1) is 5.92 Å². The molecule has 0 radical (unpaired) electrons. The molecule has 1 amide bonds. The van der Waals surface area contributed by atoms with E-state index in [0.29, 0.717) is 0 Å². The summed E-state index contributed by atoms with van der Waals surface area (Å²) < 4.78 is 43.5. The van der Waals surface area contributed by atoms with E-state index < -0.39 is 29.9 Å². The average molecular weight is 424 g/mol. The van der Waals surface area contributed by atoms with E-state index in [2.05, 4.69) is 10.3 Å². The van der Waals surface area contributed by atoms with E-state index in [-0.39, 0.29) is 29.7 Å². The molecule has 1 heterocycles. The lowest BCUT2D eigenvalue weighted by Crippen LogP contribution is -2.40. The summed E-state index contributed by atoms with van der Waals surface area (Å²) in [6, 6.07) is 7.87. The van der Waals surface area contributed by atoms with Gasteiger partial charge in [0.25, 0.3) is 0 Å². The van der Waals surface area contributed by atoms with Crippen molar-refractivity contribution in [2.24, 2.45) is 5.92 Å². The molecule has 0 saturated heterocycles. The highest BCUT2D eigenvalue weighted by Gasteiger charge is 2.31. The molecule has 0 aliphatic carbocycles. The van der Waals surface area contributed by atoms with Gasteiger partial charge in [-0.1, -0.05) is 26.0 Å². The van der Waals surface area contributed by atoms with Crippen LogP contribution < -0.4 is 5.32 Å². The van der Waals surface area contributed by atoms with E-state index >= 15 is 0 Å². The maximum atomic E-state index is 12.7. The van der Waals surface area contributed by atoms with Gasteiger partial charge in [-0.05, 0) is 42.7 Å². The number of benzene rings is 1. The van der Waals surface area contributed by atoms with E-state index in [1.54, 1.807) is 32.9 Å². The second-order valence-corrected chi connectivity index (χ2v) is 7.17. The number of aromatic carboxylic acids is 1. The molecule has 0 spiro atoms. The van der Waals surface area contributed by atoms with Gasteiger partial charge in [-0.2, -0.15) is 13.2 Å². The Morgan fingerprint density at radius 3 is 2.20 bits per heavy atom. The number of nitrogens with zero attached hydrogens (tertiary/aromatic N) is 1. The number of hydrogen-bond donors (Lipinski definition) is 2. The van der Waals surface area contributed by atoms with Crippen LogP contribution >= 0.6 is 0 Å². The number of aromatic nitrogens is 1. The Bertz CT molecular complexity index is 865. The fraction of sp³-hybridized carbons (Fsp3) is 0.381. The molecular weight excluding hydrogens is 401 g/mol. The number of alkyl halides is 3. The number of nitrogens with one attached hydrogen (secondary N) is 1. The molecule has 9 heteroatoms. The molecule has 2 rings (SSSR count). The van der Waals surface area contributed by atoms with Gasteiger partial charge >= 0.3 is 12.1 Å². The fourth-order valence-electron chi connectivity index (χ4n) is 2.72. The van der Waals surface area contributed by atoms with Crippen molar-refractivity contribution in [3.63, 3.8) is 0 Å². The van der Waals surface area contributed by atoms with Crippen LogP contribution in [0.25, 0.3) is 0 Å². The second-order valence-electron chi connectivity index (χ2n) is 7.17. The van der Waals surface area contributed by atoms with Crippen LogP contribution in [0.2, 0.25) is 0 Å². The number of carbonyl (C=O) groups is 2. The third kappa shape index (κ3) is 6.28. The molecule has 0 unspecified atom stereocenters. The van der Waals surface area contributed by atoms with Gasteiger partial charge in [-0.3, -0.25) is 9.78 Å². The number of rotatable bonds is 8. The second kappa shape index (κ2) is 9.71. The molecule has 1 aromatic heterocycles. The van der Waals surface area contributed by atoms with E-state index in [9.17, 15) is 22.8 Å². The molecule has 2 aromatic rings. The van der Waals surface area contributed by atoms with E-state index in [4.69, 9.17) is 9.84 Å². The summed E-state index contributed by atoms with van der Waals surface area (Å²) in [6.07, 6.45) is -4.58. The molecule has 2 atom stereocenters. The maximum Gasteiger partial charge on any atom is 0.417 e. The van der Waals surface area contributed by atoms with Crippen molar-refractivity contribution in [2.75, 3.05) is 0 Å². The Labute approximate surface area is 172 Å². The molecule has 162 valence electrons. The number of halogens is 3. The highest BCUT2D eigenvalue weighted by molar-refractivity contribution is 5.87. The molecular formula is C21H23F3N2O4. The van der Waals surface area contributed by atoms with Gasteiger partial charge < -0.3 is 15.2 Å². The number of ether oxygens (including phenoxy) is 1. The van der Waals surface area contributed by atoms with Crippen molar-refractivity contribution < 1.29 is 32.6 Å². The van der Waals surface area contributed by atoms with Gasteiger partial charge in [0.05, 0.1) is 29.5 Å². The van der Waals surface area contributed by atoms with Gasteiger partial charge in [-0.25, -0.2) is 4.79 Å². The number of carboxylic acid groups (broad SMARTS) is 1. The Hall–Kier alpha value is -2.94. The zero-order valence-electron chi connectivity index (χ0n) is 16.7. The van der Waals surface area contributed by atoms with Crippen molar-refractivity contribution in [3.05, 3.63) is 65.0 Å². The molecule has 2 N–H and O–H groups in total. The lowest BCUT2D eigenvalue weighted by atomic mass is 10.0. The number of amides is 1. The zero-order valence-corrected chi connectivity index (χ0v) is 16.7. The van der Waals surface area contributed by atoms with Crippen molar-refractivity contribution in [1.82, 2.24) is 10.3 Å². The van der Waals surface area contributed by atoms with Gasteiger partial charge in [0, 0.05) is 6.20 Å². The minimum Gasteiger partial charge on any atom is -0.478 e. The van der Waals surface area contributed by atoms with Crippen LogP contribution in [0.4, 0.5) is 13.2 Å². The Kier molecular flexibility index (Phi) is 7.55. The van der Waals surface area contributed by atoms with Gasteiger partial charge in [0.2, 0.25) is 5.91 Å². The topological polar surface area (TPSA) is 88.5 Å². The molecule has 0 aliphatic rings. The third-order valence-electron chi connectivity index (χ3n) is 4.44.